The number of benzene rings is 1. The Bertz CT molecular complexity index is 770. The fourth-order valence-electron chi connectivity index (χ4n) is 2.07. The predicted octanol–water partition coefficient (Wildman–Crippen LogP) is 2.50. The number of thiophene rings is 1. The smallest absolute Gasteiger partial charge is 0.273 e. The van der Waals surface area contributed by atoms with Crippen molar-refractivity contribution in [1.29, 1.82) is 0 Å². The summed E-state index contributed by atoms with van der Waals surface area (Å²) in [7, 11) is 0. The molecule has 2 rings (SSSR count). The molecule has 1 heterocycles. The van der Waals surface area contributed by atoms with Gasteiger partial charge in [0.1, 0.15) is 5.00 Å². The van der Waals surface area contributed by atoms with E-state index in [1.165, 1.54) is 29.5 Å². The van der Waals surface area contributed by atoms with E-state index < -0.39 is 16.7 Å². The van der Waals surface area contributed by atoms with Crippen LogP contribution in [-0.4, -0.2) is 16.7 Å². The van der Waals surface area contributed by atoms with Crippen molar-refractivity contribution < 1.29 is 14.5 Å². The Hall–Kier alpha value is -2.74. The maximum Gasteiger partial charge on any atom is 0.273 e. The van der Waals surface area contributed by atoms with Crippen molar-refractivity contribution in [1.82, 2.24) is 0 Å². The number of nitrogens with one attached hydrogen (secondary N) is 1. The molecule has 0 saturated carbocycles. The third-order valence-electron chi connectivity index (χ3n) is 3.19. The molecule has 120 valence electrons. The van der Waals surface area contributed by atoms with Gasteiger partial charge in [0.05, 0.1) is 16.9 Å². The van der Waals surface area contributed by atoms with Crippen LogP contribution in [-0.2, 0) is 17.6 Å². The van der Waals surface area contributed by atoms with Gasteiger partial charge in [-0.1, -0.05) is 25.1 Å². The molecular weight excluding hydrogens is 318 g/mol. The number of carbonyl (C=O) groups is 2. The van der Waals surface area contributed by atoms with Crippen molar-refractivity contribution in [2.24, 2.45) is 5.73 Å². The van der Waals surface area contributed by atoms with Crippen molar-refractivity contribution in [2.45, 2.75) is 19.8 Å². The molecule has 0 radical (unpaired) electrons. The number of primary amides is 1. The molecule has 0 aliphatic heterocycles. The van der Waals surface area contributed by atoms with Crippen LogP contribution in [0.2, 0.25) is 0 Å². The Labute approximate surface area is 136 Å². The molecule has 7 nitrogen and oxygen atoms in total. The zero-order valence-corrected chi connectivity index (χ0v) is 13.2. The van der Waals surface area contributed by atoms with E-state index in [1.807, 2.05) is 6.92 Å². The summed E-state index contributed by atoms with van der Waals surface area (Å²) in [4.78, 5) is 34.9. The lowest BCUT2D eigenvalue weighted by Gasteiger charge is -2.05. The van der Waals surface area contributed by atoms with Gasteiger partial charge in [-0.25, -0.2) is 0 Å². The van der Waals surface area contributed by atoms with Crippen molar-refractivity contribution in [3.05, 3.63) is 56.5 Å². The molecule has 0 saturated heterocycles. The maximum atomic E-state index is 12.1. The Kier molecular flexibility index (Phi) is 5.07. The van der Waals surface area contributed by atoms with E-state index in [1.54, 1.807) is 12.1 Å². The van der Waals surface area contributed by atoms with Crippen LogP contribution in [0, 0.1) is 10.1 Å². The summed E-state index contributed by atoms with van der Waals surface area (Å²) < 4.78 is 0. The summed E-state index contributed by atoms with van der Waals surface area (Å²) >= 11 is 1.27. The number of para-hydroxylation sites is 1. The van der Waals surface area contributed by atoms with E-state index in [-0.39, 0.29) is 17.7 Å². The average molecular weight is 333 g/mol. The first kappa shape index (κ1) is 16.6. The fraction of sp³-hybridized carbons (Fsp3) is 0.200. The molecule has 0 unspecified atom stereocenters. The number of aryl methyl sites for hydroxylation is 1. The zero-order chi connectivity index (χ0) is 17.0. The number of nitrogens with two attached hydrogens (primary N) is 1. The quantitative estimate of drug-likeness (QED) is 0.624. The fourth-order valence-corrected chi connectivity index (χ4v) is 3.09. The monoisotopic (exact) mass is 333 g/mol. The van der Waals surface area contributed by atoms with Gasteiger partial charge in [-0.05, 0) is 12.5 Å². The molecule has 3 N–H and O–H groups in total. The highest BCUT2D eigenvalue weighted by Crippen LogP contribution is 2.28. The second-order valence-corrected chi connectivity index (χ2v) is 5.92. The first-order valence-electron chi connectivity index (χ1n) is 6.87. The molecule has 1 aromatic carbocycles. The van der Waals surface area contributed by atoms with E-state index in [2.05, 4.69) is 5.32 Å². The van der Waals surface area contributed by atoms with Crippen LogP contribution in [0.1, 0.15) is 27.7 Å². The first-order valence-corrected chi connectivity index (χ1v) is 7.68. The largest absolute Gasteiger partial charge is 0.366 e. The Balaban J connectivity index is 2.19. The van der Waals surface area contributed by atoms with Gasteiger partial charge in [-0.15, -0.1) is 11.3 Å². The first-order chi connectivity index (χ1) is 10.9. The number of hydrogen-bond acceptors (Lipinski definition) is 5. The van der Waals surface area contributed by atoms with E-state index in [0.29, 0.717) is 17.0 Å². The highest BCUT2D eigenvalue weighted by molar-refractivity contribution is 7.16. The van der Waals surface area contributed by atoms with Gasteiger partial charge in [0, 0.05) is 16.5 Å². The van der Waals surface area contributed by atoms with Crippen LogP contribution >= 0.6 is 11.3 Å². The summed E-state index contributed by atoms with van der Waals surface area (Å²) in [5.74, 6) is -1.06. The Morgan fingerprint density at radius 3 is 2.65 bits per heavy atom. The molecular formula is C15H15N3O4S. The van der Waals surface area contributed by atoms with E-state index in [4.69, 9.17) is 5.73 Å². The summed E-state index contributed by atoms with van der Waals surface area (Å²) in [5.41, 5.74) is 5.75. The third kappa shape index (κ3) is 3.92. The number of anilines is 1. The molecule has 0 bridgehead atoms. The topological polar surface area (TPSA) is 115 Å². The SMILES string of the molecule is CCc1cc(C(N)=O)c(NC(=O)Cc2ccccc2[N+](=O)[O-])s1. The Morgan fingerprint density at radius 1 is 1.35 bits per heavy atom. The van der Waals surface area contributed by atoms with Crippen molar-refractivity contribution in [3.63, 3.8) is 0 Å². The van der Waals surface area contributed by atoms with E-state index in [9.17, 15) is 19.7 Å². The molecule has 0 aliphatic rings. The number of nitrogens with zero attached hydrogens (tertiary/aromatic N) is 1. The summed E-state index contributed by atoms with van der Waals surface area (Å²) in [6, 6.07) is 7.69. The third-order valence-corrected chi connectivity index (χ3v) is 4.38. The van der Waals surface area contributed by atoms with Crippen LogP contribution in [0.25, 0.3) is 0 Å². The minimum Gasteiger partial charge on any atom is -0.366 e. The molecule has 0 fully saturated rings. The van der Waals surface area contributed by atoms with Gasteiger partial charge in [-0.3, -0.25) is 19.7 Å². The number of rotatable bonds is 6. The highest BCUT2D eigenvalue weighted by atomic mass is 32.1. The molecule has 0 atom stereocenters. The van der Waals surface area contributed by atoms with Crippen molar-refractivity contribution in [2.75, 3.05) is 5.32 Å². The number of nitro groups is 1. The molecule has 23 heavy (non-hydrogen) atoms. The molecule has 8 heteroatoms. The molecule has 0 aliphatic carbocycles. The summed E-state index contributed by atoms with van der Waals surface area (Å²) in [6.07, 6.45) is 0.555. The lowest BCUT2D eigenvalue weighted by Crippen LogP contribution is -2.18. The number of hydrogen-bond donors (Lipinski definition) is 2. The second-order valence-electron chi connectivity index (χ2n) is 4.78. The van der Waals surface area contributed by atoms with Crippen molar-refractivity contribution in [3.8, 4) is 0 Å². The van der Waals surface area contributed by atoms with Crippen LogP contribution in [0.3, 0.4) is 0 Å². The van der Waals surface area contributed by atoms with Crippen LogP contribution in [0.4, 0.5) is 10.7 Å². The minimum absolute atomic E-state index is 0.113. The number of nitro benzene ring substituents is 1. The van der Waals surface area contributed by atoms with Gasteiger partial charge in [0.2, 0.25) is 5.91 Å². The number of amides is 2. The second kappa shape index (κ2) is 7.01. The van der Waals surface area contributed by atoms with Gasteiger partial charge in [0.15, 0.2) is 0 Å². The molecule has 0 spiro atoms. The lowest BCUT2D eigenvalue weighted by atomic mass is 10.1. The van der Waals surface area contributed by atoms with E-state index >= 15 is 0 Å². The number of carbonyl (C=O) groups excluding carboxylic acids is 2. The van der Waals surface area contributed by atoms with E-state index in [0.717, 1.165) is 4.88 Å². The van der Waals surface area contributed by atoms with Crippen molar-refractivity contribution >= 4 is 33.8 Å². The van der Waals surface area contributed by atoms with Crippen LogP contribution in [0.5, 0.6) is 0 Å². The van der Waals surface area contributed by atoms with Gasteiger partial charge >= 0.3 is 0 Å². The van der Waals surface area contributed by atoms with Gasteiger partial charge in [-0.2, -0.15) is 0 Å². The predicted molar refractivity (Wildman–Crippen MR) is 87.6 cm³/mol. The standard InChI is InChI=1S/C15H15N3O4S/c1-2-10-8-11(14(16)20)15(23-10)17-13(19)7-9-5-3-4-6-12(9)18(21)22/h3-6,8H,2,7H2,1H3,(H2,16,20)(H,17,19). The maximum absolute atomic E-state index is 12.1. The van der Waals surface area contributed by atoms with Crippen LogP contribution in [0.15, 0.2) is 30.3 Å². The van der Waals surface area contributed by atoms with Gasteiger partial charge in [0.25, 0.3) is 11.6 Å². The average Bonchev–Trinajstić information content (AvgIpc) is 2.90. The highest BCUT2D eigenvalue weighted by Gasteiger charge is 2.19. The summed E-state index contributed by atoms with van der Waals surface area (Å²) in [6.45, 7) is 1.93. The summed E-state index contributed by atoms with van der Waals surface area (Å²) in [5, 5.41) is 14.0. The minimum atomic E-state index is -0.623. The molecule has 2 amide bonds. The normalized spacial score (nSPS) is 10.3. The zero-order valence-electron chi connectivity index (χ0n) is 12.4. The molecule has 2 aromatic rings. The Morgan fingerprint density at radius 2 is 2.04 bits per heavy atom. The van der Waals surface area contributed by atoms with Crippen LogP contribution < -0.4 is 11.1 Å². The molecule has 1 aromatic heterocycles. The van der Waals surface area contributed by atoms with Gasteiger partial charge < -0.3 is 11.1 Å². The lowest BCUT2D eigenvalue weighted by molar-refractivity contribution is -0.385.